The van der Waals surface area contributed by atoms with Crippen molar-refractivity contribution in [2.75, 3.05) is 16.6 Å². The van der Waals surface area contributed by atoms with Crippen LogP contribution in [0.4, 0.5) is 11.4 Å². The van der Waals surface area contributed by atoms with Gasteiger partial charge in [0.1, 0.15) is 11.9 Å². The molecule has 140 valence electrons. The summed E-state index contributed by atoms with van der Waals surface area (Å²) in [6.07, 6.45) is 1.82. The van der Waals surface area contributed by atoms with Crippen LogP contribution in [0.15, 0.2) is 47.4 Å². The van der Waals surface area contributed by atoms with E-state index in [4.69, 9.17) is 10.5 Å². The number of nitrogens with zero attached hydrogens (tertiary/aromatic N) is 2. The van der Waals surface area contributed by atoms with Gasteiger partial charge in [0.15, 0.2) is 0 Å². The van der Waals surface area contributed by atoms with Gasteiger partial charge in [-0.3, -0.25) is 4.31 Å². The van der Waals surface area contributed by atoms with E-state index < -0.39 is 10.0 Å². The van der Waals surface area contributed by atoms with Gasteiger partial charge in [-0.2, -0.15) is 5.26 Å². The number of fused-ring (bicyclic) bond motifs is 1. The lowest BCUT2D eigenvalue weighted by Gasteiger charge is -2.36. The van der Waals surface area contributed by atoms with E-state index in [0.717, 1.165) is 18.4 Å². The summed E-state index contributed by atoms with van der Waals surface area (Å²) in [5.74, 6) is 0.477. The van der Waals surface area contributed by atoms with Crippen molar-refractivity contribution in [3.8, 4) is 11.8 Å². The third-order valence-electron chi connectivity index (χ3n) is 5.23. The largest absolute Gasteiger partial charge is 0.486 e. The topological polar surface area (TPSA) is 96.4 Å². The number of anilines is 2. The molecule has 1 heterocycles. The van der Waals surface area contributed by atoms with E-state index in [1.165, 1.54) is 4.31 Å². The van der Waals surface area contributed by atoms with Crippen molar-refractivity contribution in [1.82, 2.24) is 0 Å². The highest BCUT2D eigenvalue weighted by Gasteiger charge is 2.47. The standard InChI is InChI=1S/C20H21N3O3S/c1-14-2-5-17(6-3-14)27(24,25)23-12-16(11-20(13-21)8-9-20)26-19-7-4-15(22)10-18(19)23/h2-7,10,16H,8-9,11-12,22H2,1H3. The van der Waals surface area contributed by atoms with Crippen LogP contribution in [0.1, 0.15) is 24.8 Å². The summed E-state index contributed by atoms with van der Waals surface area (Å²) >= 11 is 0. The molecule has 0 saturated heterocycles. The Hall–Kier alpha value is -2.72. The molecule has 1 aliphatic heterocycles. The SMILES string of the molecule is Cc1ccc(S(=O)(=O)N2CC(CC3(C#N)CC3)Oc3ccc(N)cc32)cc1. The minimum Gasteiger partial charge on any atom is -0.486 e. The van der Waals surface area contributed by atoms with Crippen LogP contribution in [0.3, 0.4) is 0 Å². The molecule has 2 aliphatic rings. The van der Waals surface area contributed by atoms with E-state index in [2.05, 4.69) is 6.07 Å². The van der Waals surface area contributed by atoms with E-state index in [0.29, 0.717) is 23.5 Å². The Kier molecular flexibility index (Phi) is 4.04. The van der Waals surface area contributed by atoms with Gasteiger partial charge in [-0.1, -0.05) is 17.7 Å². The van der Waals surface area contributed by atoms with E-state index in [1.54, 1.807) is 42.5 Å². The summed E-state index contributed by atoms with van der Waals surface area (Å²) in [5.41, 5.74) is 7.41. The fourth-order valence-electron chi connectivity index (χ4n) is 3.45. The number of hydrogen-bond acceptors (Lipinski definition) is 5. The molecule has 1 atom stereocenters. The number of nitriles is 1. The number of nitrogen functional groups attached to an aromatic ring is 1. The van der Waals surface area contributed by atoms with Crippen molar-refractivity contribution in [3.63, 3.8) is 0 Å². The number of ether oxygens (including phenoxy) is 1. The fourth-order valence-corrected chi connectivity index (χ4v) is 4.95. The van der Waals surface area contributed by atoms with Gasteiger partial charge in [0.2, 0.25) is 0 Å². The molecule has 1 unspecified atom stereocenters. The van der Waals surface area contributed by atoms with Gasteiger partial charge in [0, 0.05) is 12.1 Å². The predicted octanol–water partition coefficient (Wildman–Crippen LogP) is 3.23. The Labute approximate surface area is 159 Å². The molecule has 2 aromatic carbocycles. The summed E-state index contributed by atoms with van der Waals surface area (Å²) in [6, 6.07) is 14.1. The predicted molar refractivity (Wildman–Crippen MR) is 103 cm³/mol. The molecular weight excluding hydrogens is 362 g/mol. The third-order valence-corrected chi connectivity index (χ3v) is 7.03. The molecule has 4 rings (SSSR count). The van der Waals surface area contributed by atoms with Gasteiger partial charge in [-0.05, 0) is 50.1 Å². The molecule has 0 spiro atoms. The zero-order chi connectivity index (χ0) is 19.2. The summed E-state index contributed by atoms with van der Waals surface area (Å²) < 4.78 is 34.1. The summed E-state index contributed by atoms with van der Waals surface area (Å²) in [6.45, 7) is 2.07. The summed E-state index contributed by atoms with van der Waals surface area (Å²) in [4.78, 5) is 0.226. The van der Waals surface area contributed by atoms with Crippen LogP contribution < -0.4 is 14.8 Å². The molecule has 27 heavy (non-hydrogen) atoms. The lowest BCUT2D eigenvalue weighted by molar-refractivity contribution is 0.172. The van der Waals surface area contributed by atoms with Crippen LogP contribution in [-0.2, 0) is 10.0 Å². The summed E-state index contributed by atoms with van der Waals surface area (Å²) in [7, 11) is -3.77. The highest BCUT2D eigenvalue weighted by molar-refractivity contribution is 7.92. The Bertz CT molecular complexity index is 1020. The van der Waals surface area contributed by atoms with Crippen molar-refractivity contribution in [3.05, 3.63) is 48.0 Å². The van der Waals surface area contributed by atoms with Gasteiger partial charge in [0.05, 0.1) is 28.6 Å². The highest BCUT2D eigenvalue weighted by Crippen LogP contribution is 2.50. The smallest absolute Gasteiger partial charge is 0.264 e. The maximum absolute atomic E-state index is 13.3. The lowest BCUT2D eigenvalue weighted by atomic mass is 9.99. The Morgan fingerprint density at radius 2 is 1.96 bits per heavy atom. The van der Waals surface area contributed by atoms with Crippen LogP contribution in [-0.4, -0.2) is 21.1 Å². The van der Waals surface area contributed by atoms with Crippen molar-refractivity contribution in [2.24, 2.45) is 5.41 Å². The van der Waals surface area contributed by atoms with Crippen molar-refractivity contribution in [2.45, 2.75) is 37.2 Å². The molecule has 0 amide bonds. The molecule has 1 saturated carbocycles. The normalized spacial score (nSPS) is 20.3. The van der Waals surface area contributed by atoms with E-state index in [-0.39, 0.29) is 23.0 Å². The zero-order valence-corrected chi connectivity index (χ0v) is 15.9. The quantitative estimate of drug-likeness (QED) is 0.818. The number of sulfonamides is 1. The minimum absolute atomic E-state index is 0.163. The monoisotopic (exact) mass is 383 g/mol. The van der Waals surface area contributed by atoms with Gasteiger partial charge in [-0.15, -0.1) is 0 Å². The van der Waals surface area contributed by atoms with E-state index in [9.17, 15) is 13.7 Å². The van der Waals surface area contributed by atoms with Crippen molar-refractivity contribution < 1.29 is 13.2 Å². The molecule has 2 aromatic rings. The van der Waals surface area contributed by atoms with Gasteiger partial charge >= 0.3 is 0 Å². The second-order valence-corrected chi connectivity index (χ2v) is 9.27. The van der Waals surface area contributed by atoms with Crippen LogP contribution in [0.5, 0.6) is 5.75 Å². The van der Waals surface area contributed by atoms with Crippen molar-refractivity contribution >= 4 is 21.4 Å². The number of aryl methyl sites for hydroxylation is 1. The van der Waals surface area contributed by atoms with Crippen LogP contribution in [0.25, 0.3) is 0 Å². The molecule has 2 N–H and O–H groups in total. The van der Waals surface area contributed by atoms with Crippen molar-refractivity contribution in [1.29, 1.82) is 5.26 Å². The van der Waals surface area contributed by atoms with Gasteiger partial charge in [0.25, 0.3) is 10.0 Å². The highest BCUT2D eigenvalue weighted by atomic mass is 32.2. The maximum atomic E-state index is 13.3. The van der Waals surface area contributed by atoms with Crippen LogP contribution >= 0.6 is 0 Å². The molecule has 6 nitrogen and oxygen atoms in total. The Balaban J connectivity index is 1.74. The lowest BCUT2D eigenvalue weighted by Crippen LogP contribution is -2.44. The average molecular weight is 383 g/mol. The Morgan fingerprint density at radius 1 is 1.26 bits per heavy atom. The number of nitrogens with two attached hydrogens (primary N) is 1. The molecule has 0 bridgehead atoms. The first-order chi connectivity index (χ1) is 12.8. The number of hydrogen-bond donors (Lipinski definition) is 1. The maximum Gasteiger partial charge on any atom is 0.264 e. The summed E-state index contributed by atoms with van der Waals surface area (Å²) in [5, 5.41) is 9.39. The van der Waals surface area contributed by atoms with Gasteiger partial charge < -0.3 is 10.5 Å². The third kappa shape index (κ3) is 3.21. The first kappa shape index (κ1) is 17.7. The fraction of sp³-hybridized carbons (Fsp3) is 0.350. The molecule has 1 aliphatic carbocycles. The Morgan fingerprint density at radius 3 is 2.59 bits per heavy atom. The zero-order valence-electron chi connectivity index (χ0n) is 15.1. The van der Waals surface area contributed by atoms with Crippen LogP contribution in [0.2, 0.25) is 0 Å². The first-order valence-corrected chi connectivity index (χ1v) is 10.3. The van der Waals surface area contributed by atoms with E-state index in [1.807, 2.05) is 6.92 Å². The molecular formula is C20H21N3O3S. The van der Waals surface area contributed by atoms with Gasteiger partial charge in [-0.25, -0.2) is 8.42 Å². The minimum atomic E-state index is -3.77. The second-order valence-electron chi connectivity index (χ2n) is 7.41. The molecule has 1 fully saturated rings. The van der Waals surface area contributed by atoms with Crippen LogP contribution in [0, 0.1) is 23.7 Å². The van der Waals surface area contributed by atoms with E-state index >= 15 is 0 Å². The second kappa shape index (κ2) is 6.17. The average Bonchev–Trinajstić information content (AvgIpc) is 3.41. The number of benzene rings is 2. The number of rotatable bonds is 4. The molecule has 0 radical (unpaired) electrons. The first-order valence-electron chi connectivity index (χ1n) is 8.90. The molecule has 0 aromatic heterocycles. The molecule has 7 heteroatoms.